The molecule has 1 aromatic rings. The summed E-state index contributed by atoms with van der Waals surface area (Å²) < 4.78 is 49.5. The van der Waals surface area contributed by atoms with E-state index in [0.717, 1.165) is 0 Å². The summed E-state index contributed by atoms with van der Waals surface area (Å²) >= 11 is 0. The van der Waals surface area contributed by atoms with E-state index in [9.17, 15) is 22.7 Å². The molecule has 0 amide bonds. The number of rotatable bonds is 5. The fourth-order valence-corrected chi connectivity index (χ4v) is 1.88. The number of likely N-dealkylation sites (N-methyl/N-ethyl adjacent to an activating group) is 1. The molecule has 7 heteroatoms. The van der Waals surface area contributed by atoms with Gasteiger partial charge in [-0.25, -0.2) is 4.39 Å². The summed E-state index contributed by atoms with van der Waals surface area (Å²) in [5.74, 6) is -0.445. The van der Waals surface area contributed by atoms with Gasteiger partial charge in [0.2, 0.25) is 0 Å². The molecule has 0 fully saturated rings. The van der Waals surface area contributed by atoms with E-state index >= 15 is 0 Å². The lowest BCUT2D eigenvalue weighted by molar-refractivity contribution is -0.207. The highest BCUT2D eigenvalue weighted by molar-refractivity contribution is 5.28. The summed E-state index contributed by atoms with van der Waals surface area (Å²) in [7, 11) is 1.36. The molecule has 0 aromatic heterocycles. The van der Waals surface area contributed by atoms with Crippen molar-refractivity contribution < 1.29 is 27.8 Å². The van der Waals surface area contributed by atoms with Crippen LogP contribution in [0.15, 0.2) is 18.2 Å². The average molecular weight is 295 g/mol. The Morgan fingerprint density at radius 3 is 2.30 bits per heavy atom. The smallest absolute Gasteiger partial charge is 0.387 e. The standard InChI is InChI=1S/C13H17F4NO2/c1-8-5-9(14)3-4-10(8)11(19)6-18(2)7-12(20)13(15,16)17/h3-5,11-12,19-20H,6-7H2,1-2H3. The molecular formula is C13H17F4NO2. The molecule has 20 heavy (non-hydrogen) atoms. The van der Waals surface area contributed by atoms with Gasteiger partial charge < -0.3 is 15.1 Å². The molecule has 2 N–H and O–H groups in total. The molecule has 0 aliphatic rings. The number of aliphatic hydroxyl groups excluding tert-OH is 2. The van der Waals surface area contributed by atoms with Crippen LogP contribution in [0.1, 0.15) is 17.2 Å². The van der Waals surface area contributed by atoms with Crippen molar-refractivity contribution in [3.8, 4) is 0 Å². The first-order chi connectivity index (χ1) is 9.11. The second kappa shape index (κ2) is 6.51. The monoisotopic (exact) mass is 295 g/mol. The zero-order valence-electron chi connectivity index (χ0n) is 11.2. The second-order valence-electron chi connectivity index (χ2n) is 4.80. The number of benzene rings is 1. The minimum Gasteiger partial charge on any atom is -0.387 e. The van der Waals surface area contributed by atoms with Gasteiger partial charge in [0.05, 0.1) is 6.10 Å². The highest BCUT2D eigenvalue weighted by Crippen LogP contribution is 2.22. The van der Waals surface area contributed by atoms with Gasteiger partial charge in [-0.15, -0.1) is 0 Å². The fourth-order valence-electron chi connectivity index (χ4n) is 1.88. The third-order valence-corrected chi connectivity index (χ3v) is 2.94. The average Bonchev–Trinajstić information content (AvgIpc) is 2.26. The number of alkyl halides is 3. The Balaban J connectivity index is 2.63. The maximum Gasteiger partial charge on any atom is 0.415 e. The first kappa shape index (κ1) is 16.9. The molecule has 0 aliphatic carbocycles. The van der Waals surface area contributed by atoms with E-state index in [1.807, 2.05) is 0 Å². The van der Waals surface area contributed by atoms with Gasteiger partial charge in [-0.3, -0.25) is 0 Å². The fraction of sp³-hybridized carbons (Fsp3) is 0.538. The minimum atomic E-state index is -4.69. The third kappa shape index (κ3) is 4.73. The molecule has 0 saturated carbocycles. The van der Waals surface area contributed by atoms with Crippen molar-refractivity contribution in [2.45, 2.75) is 25.3 Å². The molecule has 0 aliphatic heterocycles. The first-order valence-corrected chi connectivity index (χ1v) is 5.98. The summed E-state index contributed by atoms with van der Waals surface area (Å²) in [6.45, 7) is 0.868. The number of aryl methyl sites for hydroxylation is 1. The topological polar surface area (TPSA) is 43.7 Å². The molecule has 0 spiro atoms. The zero-order valence-corrected chi connectivity index (χ0v) is 11.2. The second-order valence-corrected chi connectivity index (χ2v) is 4.80. The molecule has 0 heterocycles. The van der Waals surface area contributed by atoms with Crippen LogP contribution in [0.3, 0.4) is 0 Å². The van der Waals surface area contributed by atoms with Gasteiger partial charge in [0.25, 0.3) is 0 Å². The van der Waals surface area contributed by atoms with E-state index < -0.39 is 30.7 Å². The van der Waals surface area contributed by atoms with Crippen LogP contribution in [0.25, 0.3) is 0 Å². The summed E-state index contributed by atoms with van der Waals surface area (Å²) in [6, 6.07) is 3.81. The van der Waals surface area contributed by atoms with E-state index in [0.29, 0.717) is 11.1 Å². The Labute approximate surface area is 114 Å². The van der Waals surface area contributed by atoms with Crippen molar-refractivity contribution in [2.24, 2.45) is 0 Å². The Bertz CT molecular complexity index is 450. The van der Waals surface area contributed by atoms with Crippen LogP contribution in [-0.2, 0) is 0 Å². The quantitative estimate of drug-likeness (QED) is 0.817. The molecule has 1 aromatic carbocycles. The Kier molecular flexibility index (Phi) is 5.50. The van der Waals surface area contributed by atoms with Gasteiger partial charge in [-0.05, 0) is 37.2 Å². The molecule has 2 atom stereocenters. The van der Waals surface area contributed by atoms with Gasteiger partial charge in [0, 0.05) is 13.1 Å². The largest absolute Gasteiger partial charge is 0.415 e. The van der Waals surface area contributed by atoms with E-state index in [1.165, 1.54) is 30.1 Å². The summed E-state index contributed by atoms with van der Waals surface area (Å²) in [5, 5.41) is 18.9. The lowest BCUT2D eigenvalue weighted by atomic mass is 10.0. The normalized spacial score (nSPS) is 15.4. The Hall–Kier alpha value is -1.18. The predicted molar refractivity (Wildman–Crippen MR) is 65.7 cm³/mol. The molecule has 3 nitrogen and oxygen atoms in total. The van der Waals surface area contributed by atoms with E-state index in [-0.39, 0.29) is 6.54 Å². The zero-order chi connectivity index (χ0) is 15.5. The molecule has 114 valence electrons. The Morgan fingerprint density at radius 1 is 1.20 bits per heavy atom. The molecule has 2 unspecified atom stereocenters. The van der Waals surface area contributed by atoms with Gasteiger partial charge in [-0.1, -0.05) is 6.07 Å². The van der Waals surface area contributed by atoms with Crippen LogP contribution < -0.4 is 0 Å². The SMILES string of the molecule is Cc1cc(F)ccc1C(O)CN(C)CC(O)C(F)(F)F. The minimum absolute atomic E-state index is 0.0976. The lowest BCUT2D eigenvalue weighted by Crippen LogP contribution is -2.40. The van der Waals surface area contributed by atoms with E-state index in [2.05, 4.69) is 0 Å². The van der Waals surface area contributed by atoms with Crippen LogP contribution >= 0.6 is 0 Å². The van der Waals surface area contributed by atoms with E-state index in [4.69, 9.17) is 5.11 Å². The number of hydrogen-bond acceptors (Lipinski definition) is 3. The van der Waals surface area contributed by atoms with E-state index in [1.54, 1.807) is 6.92 Å². The van der Waals surface area contributed by atoms with Gasteiger partial charge in [0.1, 0.15) is 5.82 Å². The van der Waals surface area contributed by atoms with Crippen molar-refractivity contribution in [2.75, 3.05) is 20.1 Å². The summed E-state index contributed by atoms with van der Waals surface area (Å²) in [5.41, 5.74) is 0.960. The highest BCUT2D eigenvalue weighted by Gasteiger charge is 2.38. The Morgan fingerprint density at radius 2 is 1.80 bits per heavy atom. The maximum absolute atomic E-state index is 12.9. The first-order valence-electron chi connectivity index (χ1n) is 5.98. The number of nitrogens with zero attached hydrogens (tertiary/aromatic N) is 1. The van der Waals surface area contributed by atoms with Crippen molar-refractivity contribution in [1.82, 2.24) is 4.90 Å². The van der Waals surface area contributed by atoms with Crippen LogP contribution in [0.4, 0.5) is 17.6 Å². The van der Waals surface area contributed by atoms with Crippen molar-refractivity contribution in [3.05, 3.63) is 35.1 Å². The molecule has 0 radical (unpaired) electrons. The molecule has 0 saturated heterocycles. The highest BCUT2D eigenvalue weighted by atomic mass is 19.4. The van der Waals surface area contributed by atoms with Crippen molar-refractivity contribution in [3.63, 3.8) is 0 Å². The molecule has 0 bridgehead atoms. The van der Waals surface area contributed by atoms with Crippen LogP contribution in [0.2, 0.25) is 0 Å². The lowest BCUT2D eigenvalue weighted by Gasteiger charge is -2.25. The van der Waals surface area contributed by atoms with Crippen LogP contribution in [0.5, 0.6) is 0 Å². The van der Waals surface area contributed by atoms with Gasteiger partial charge in [0.15, 0.2) is 6.10 Å². The van der Waals surface area contributed by atoms with Gasteiger partial charge >= 0.3 is 6.18 Å². The number of aliphatic hydroxyl groups is 2. The molecular weight excluding hydrogens is 278 g/mol. The van der Waals surface area contributed by atoms with Crippen LogP contribution in [-0.4, -0.2) is 47.5 Å². The molecule has 1 rings (SSSR count). The third-order valence-electron chi connectivity index (χ3n) is 2.94. The summed E-state index contributed by atoms with van der Waals surface area (Å²) in [4.78, 5) is 1.17. The van der Waals surface area contributed by atoms with Crippen molar-refractivity contribution in [1.29, 1.82) is 0 Å². The predicted octanol–water partition coefficient (Wildman–Crippen LogP) is 2.02. The number of halogens is 4. The van der Waals surface area contributed by atoms with Gasteiger partial charge in [-0.2, -0.15) is 13.2 Å². The maximum atomic E-state index is 12.9. The van der Waals surface area contributed by atoms with Crippen LogP contribution in [0, 0.1) is 12.7 Å². The summed E-state index contributed by atoms with van der Waals surface area (Å²) in [6.07, 6.45) is -8.21. The van der Waals surface area contributed by atoms with Crippen molar-refractivity contribution >= 4 is 0 Å². The number of hydrogen-bond donors (Lipinski definition) is 2.